The maximum atomic E-state index is 12.2. The molecule has 3 rings (SSSR count). The second kappa shape index (κ2) is 6.71. The van der Waals surface area contributed by atoms with Gasteiger partial charge in [-0.15, -0.1) is 0 Å². The highest BCUT2D eigenvalue weighted by atomic mass is 16.5. The lowest BCUT2D eigenvalue weighted by molar-refractivity contribution is 0.0921. The van der Waals surface area contributed by atoms with E-state index in [1.807, 2.05) is 37.3 Å². The molecule has 0 N–H and O–H groups in total. The van der Waals surface area contributed by atoms with Crippen LogP contribution in [0.1, 0.15) is 28.4 Å². The zero-order valence-corrected chi connectivity index (χ0v) is 13.7. The summed E-state index contributed by atoms with van der Waals surface area (Å²) < 4.78 is 10.7. The van der Waals surface area contributed by atoms with Gasteiger partial charge in [-0.1, -0.05) is 31.2 Å². The van der Waals surface area contributed by atoms with Gasteiger partial charge in [-0.3, -0.25) is 4.79 Å². The lowest BCUT2D eigenvalue weighted by Gasteiger charge is -2.07. The lowest BCUT2D eigenvalue weighted by Crippen LogP contribution is -2.11. The van der Waals surface area contributed by atoms with Crippen molar-refractivity contribution in [3.8, 4) is 5.75 Å². The second-order valence-corrected chi connectivity index (χ2v) is 5.67. The molecule has 0 aliphatic rings. The summed E-state index contributed by atoms with van der Waals surface area (Å²) in [5.74, 6) is 0.401. The summed E-state index contributed by atoms with van der Waals surface area (Å²) in [6.07, 6.45) is 0.937. The Labute approximate surface area is 139 Å². The van der Waals surface area contributed by atoms with E-state index in [0.29, 0.717) is 16.9 Å². The van der Waals surface area contributed by atoms with Crippen LogP contribution in [0.15, 0.2) is 57.7 Å². The Morgan fingerprint density at radius 3 is 2.54 bits per heavy atom. The Hall–Kier alpha value is -2.88. The Kier molecular flexibility index (Phi) is 4.47. The van der Waals surface area contributed by atoms with E-state index in [0.717, 1.165) is 17.4 Å². The number of benzene rings is 2. The molecule has 1 aromatic heterocycles. The molecule has 0 unspecified atom stereocenters. The molecule has 0 saturated carbocycles. The van der Waals surface area contributed by atoms with Crippen LogP contribution in [-0.4, -0.2) is 12.4 Å². The number of aryl methyl sites for hydroxylation is 2. The summed E-state index contributed by atoms with van der Waals surface area (Å²) in [5.41, 5.74) is 2.71. The molecule has 0 saturated heterocycles. The number of fused-ring (bicyclic) bond motifs is 1. The first-order valence-electron chi connectivity index (χ1n) is 7.86. The molecule has 122 valence electrons. The van der Waals surface area contributed by atoms with Crippen molar-refractivity contribution < 1.29 is 13.9 Å². The number of ketones is 1. The predicted octanol–water partition coefficient (Wildman–Crippen LogP) is 3.93. The maximum Gasteiger partial charge on any atom is 0.336 e. The molecule has 0 aliphatic heterocycles. The molecule has 4 heteroatoms. The minimum absolute atomic E-state index is 0.0625. The van der Waals surface area contributed by atoms with Gasteiger partial charge >= 0.3 is 5.63 Å². The average Bonchev–Trinajstić information content (AvgIpc) is 2.59. The van der Waals surface area contributed by atoms with E-state index in [9.17, 15) is 9.59 Å². The smallest absolute Gasteiger partial charge is 0.336 e. The van der Waals surface area contributed by atoms with Crippen LogP contribution in [0.4, 0.5) is 0 Å². The molecule has 0 radical (unpaired) electrons. The van der Waals surface area contributed by atoms with Gasteiger partial charge in [0.15, 0.2) is 12.4 Å². The van der Waals surface area contributed by atoms with Crippen LogP contribution in [-0.2, 0) is 6.42 Å². The predicted molar refractivity (Wildman–Crippen MR) is 92.9 cm³/mol. The molecule has 0 bridgehead atoms. The fraction of sp³-hybridized carbons (Fsp3) is 0.200. The van der Waals surface area contributed by atoms with Crippen molar-refractivity contribution in [1.82, 2.24) is 0 Å². The SMILES string of the molecule is CCc1ccc(C(=O)COc2ccc3c(C)cc(=O)oc3c2)cc1. The molecule has 3 aromatic rings. The number of rotatable bonds is 5. The van der Waals surface area contributed by atoms with E-state index in [-0.39, 0.29) is 12.4 Å². The molecule has 4 nitrogen and oxygen atoms in total. The quantitative estimate of drug-likeness (QED) is 0.527. The molecule has 24 heavy (non-hydrogen) atoms. The van der Waals surface area contributed by atoms with Gasteiger partial charge in [-0.25, -0.2) is 4.79 Å². The summed E-state index contributed by atoms with van der Waals surface area (Å²) in [7, 11) is 0. The first-order valence-corrected chi connectivity index (χ1v) is 7.86. The normalized spacial score (nSPS) is 10.8. The minimum Gasteiger partial charge on any atom is -0.485 e. The third-order valence-corrected chi connectivity index (χ3v) is 3.98. The van der Waals surface area contributed by atoms with Gasteiger partial charge in [-0.2, -0.15) is 0 Å². The zero-order valence-electron chi connectivity index (χ0n) is 13.7. The molecular weight excluding hydrogens is 304 g/mol. The maximum absolute atomic E-state index is 12.2. The van der Waals surface area contributed by atoms with E-state index >= 15 is 0 Å². The van der Waals surface area contributed by atoms with E-state index in [1.165, 1.54) is 11.6 Å². The topological polar surface area (TPSA) is 56.5 Å². The van der Waals surface area contributed by atoms with Crippen LogP contribution in [0.5, 0.6) is 5.75 Å². The van der Waals surface area contributed by atoms with Crippen LogP contribution in [0.3, 0.4) is 0 Å². The van der Waals surface area contributed by atoms with Crippen LogP contribution < -0.4 is 10.4 Å². The molecule has 0 spiro atoms. The van der Waals surface area contributed by atoms with Crippen molar-refractivity contribution in [3.05, 3.63) is 75.6 Å². The number of ether oxygens (including phenoxy) is 1. The van der Waals surface area contributed by atoms with Crippen molar-refractivity contribution in [2.75, 3.05) is 6.61 Å². The lowest BCUT2D eigenvalue weighted by atomic mass is 10.1. The summed E-state index contributed by atoms with van der Waals surface area (Å²) in [6.45, 7) is 3.86. The van der Waals surface area contributed by atoms with E-state index in [2.05, 4.69) is 6.92 Å². The number of hydrogen-bond donors (Lipinski definition) is 0. The molecule has 0 amide bonds. The van der Waals surface area contributed by atoms with Gasteiger partial charge in [-0.05, 0) is 36.6 Å². The third kappa shape index (κ3) is 3.38. The monoisotopic (exact) mass is 322 g/mol. The van der Waals surface area contributed by atoms with E-state index < -0.39 is 5.63 Å². The Balaban J connectivity index is 1.75. The first kappa shape index (κ1) is 16.0. The molecule has 0 fully saturated rings. The van der Waals surface area contributed by atoms with Crippen molar-refractivity contribution in [1.29, 1.82) is 0 Å². The molecule has 2 aromatic carbocycles. The van der Waals surface area contributed by atoms with Gasteiger partial charge in [0.25, 0.3) is 0 Å². The molecule has 0 aliphatic carbocycles. The van der Waals surface area contributed by atoms with Crippen LogP contribution >= 0.6 is 0 Å². The van der Waals surface area contributed by atoms with Crippen LogP contribution in [0, 0.1) is 6.92 Å². The fourth-order valence-electron chi connectivity index (χ4n) is 2.55. The fourth-order valence-corrected chi connectivity index (χ4v) is 2.55. The number of carbonyl (C=O) groups is 1. The van der Waals surface area contributed by atoms with Crippen molar-refractivity contribution in [2.24, 2.45) is 0 Å². The summed E-state index contributed by atoms with van der Waals surface area (Å²) >= 11 is 0. The first-order chi connectivity index (χ1) is 11.6. The zero-order chi connectivity index (χ0) is 17.1. The highest BCUT2D eigenvalue weighted by molar-refractivity contribution is 5.97. The van der Waals surface area contributed by atoms with Crippen molar-refractivity contribution in [3.63, 3.8) is 0 Å². The Morgan fingerprint density at radius 2 is 1.83 bits per heavy atom. The average molecular weight is 322 g/mol. The van der Waals surface area contributed by atoms with Gasteiger partial charge in [0.05, 0.1) is 0 Å². The molecule has 0 atom stereocenters. The van der Waals surface area contributed by atoms with Crippen LogP contribution in [0.2, 0.25) is 0 Å². The highest BCUT2D eigenvalue weighted by Crippen LogP contribution is 2.22. The van der Waals surface area contributed by atoms with Crippen molar-refractivity contribution >= 4 is 16.8 Å². The van der Waals surface area contributed by atoms with Crippen molar-refractivity contribution in [2.45, 2.75) is 20.3 Å². The standard InChI is InChI=1S/C20H18O4/c1-3-14-4-6-15(7-5-14)18(21)12-23-16-8-9-17-13(2)10-20(22)24-19(17)11-16/h4-11H,3,12H2,1-2H3. The van der Waals surface area contributed by atoms with E-state index in [4.69, 9.17) is 9.15 Å². The number of hydrogen-bond acceptors (Lipinski definition) is 4. The van der Waals surface area contributed by atoms with Gasteiger partial charge < -0.3 is 9.15 Å². The molecular formula is C20H18O4. The second-order valence-electron chi connectivity index (χ2n) is 5.67. The van der Waals surface area contributed by atoms with Gasteiger partial charge in [0, 0.05) is 23.1 Å². The highest BCUT2D eigenvalue weighted by Gasteiger charge is 2.08. The van der Waals surface area contributed by atoms with Gasteiger partial charge in [0.2, 0.25) is 0 Å². The molecule has 1 heterocycles. The summed E-state index contributed by atoms with van der Waals surface area (Å²) in [4.78, 5) is 23.6. The third-order valence-electron chi connectivity index (χ3n) is 3.98. The number of carbonyl (C=O) groups excluding carboxylic acids is 1. The van der Waals surface area contributed by atoms with Crippen LogP contribution in [0.25, 0.3) is 11.0 Å². The largest absolute Gasteiger partial charge is 0.485 e. The number of Topliss-reactive ketones (excluding diaryl/α,β-unsaturated/α-hetero) is 1. The minimum atomic E-state index is -0.399. The Morgan fingerprint density at radius 1 is 1.08 bits per heavy atom. The van der Waals surface area contributed by atoms with E-state index in [1.54, 1.807) is 12.1 Å². The Bertz CT molecular complexity index is 936. The summed E-state index contributed by atoms with van der Waals surface area (Å²) in [6, 6.07) is 14.2. The van der Waals surface area contributed by atoms with Gasteiger partial charge in [0.1, 0.15) is 11.3 Å². The summed E-state index contributed by atoms with van der Waals surface area (Å²) in [5, 5.41) is 0.850.